The summed E-state index contributed by atoms with van der Waals surface area (Å²) >= 11 is 0. The largest absolute Gasteiger partial charge is 0.511 e. The van der Waals surface area contributed by atoms with Crippen molar-refractivity contribution in [1.82, 2.24) is 0 Å². The molecule has 25 heavy (non-hydrogen) atoms. The molecule has 8 nitrogen and oxygen atoms in total. The predicted octanol–water partition coefficient (Wildman–Crippen LogP) is 1.56. The first-order valence-electron chi connectivity index (χ1n) is 7.54. The second-order valence-electron chi connectivity index (χ2n) is 5.82. The maximum Gasteiger partial charge on any atom is 0.448 e. The number of rotatable bonds is 6. The van der Waals surface area contributed by atoms with Crippen molar-refractivity contribution < 1.29 is 34.8 Å². The number of nitrogens with zero attached hydrogens (tertiary/aromatic N) is 1. The topological polar surface area (TPSA) is 151 Å². The van der Waals surface area contributed by atoms with Crippen LogP contribution in [0.2, 0.25) is 0 Å². The van der Waals surface area contributed by atoms with Gasteiger partial charge in [0.1, 0.15) is 17.4 Å². The Hall–Kier alpha value is -1.96. The minimum absolute atomic E-state index is 0.129. The molecule has 0 saturated heterocycles. The lowest BCUT2D eigenvalue weighted by Crippen LogP contribution is -2.43. The molecule has 1 aliphatic carbocycles. The lowest BCUT2D eigenvalue weighted by molar-refractivity contribution is -0.186. The molecule has 136 valence electrons. The van der Waals surface area contributed by atoms with Gasteiger partial charge in [0.05, 0.1) is 5.71 Å². The highest BCUT2D eigenvalue weighted by Gasteiger charge is 2.41. The monoisotopic (exact) mass is 369 g/mol. The fourth-order valence-electron chi connectivity index (χ4n) is 2.66. The molecule has 0 spiro atoms. The summed E-state index contributed by atoms with van der Waals surface area (Å²) in [4.78, 5) is 18.0. The van der Waals surface area contributed by atoms with Gasteiger partial charge in [-0.25, -0.2) is 4.57 Å². The van der Waals surface area contributed by atoms with Crippen molar-refractivity contribution in [2.75, 3.05) is 0 Å². The van der Waals surface area contributed by atoms with Crippen molar-refractivity contribution in [3.8, 4) is 5.75 Å². The fraction of sp³-hybridized carbons (Fsp3) is 0.312. The highest BCUT2D eigenvalue weighted by molar-refractivity contribution is 7.50. The van der Waals surface area contributed by atoms with Crippen molar-refractivity contribution in [3.63, 3.8) is 0 Å². The van der Waals surface area contributed by atoms with Gasteiger partial charge in [-0.1, -0.05) is 18.2 Å². The van der Waals surface area contributed by atoms with Crippen LogP contribution in [0.5, 0.6) is 5.75 Å². The van der Waals surface area contributed by atoms with E-state index in [9.17, 15) is 25.0 Å². The zero-order valence-electron chi connectivity index (χ0n) is 13.2. The summed E-state index contributed by atoms with van der Waals surface area (Å²) in [6.07, 6.45) is 4.39. The minimum Gasteiger partial charge on any atom is -0.511 e. The molecule has 1 aliphatic rings. The van der Waals surface area contributed by atoms with Crippen LogP contribution in [0.1, 0.15) is 18.4 Å². The molecule has 0 bridgehead atoms. The molecule has 9 heteroatoms. The standard InChI is InChI=1S/C16H20NO7P/c18-12-8-6-11(7-9-12)3-2-10-16(20,21)15-13(17-25(22,23)24)4-1-5-14(15)19/h1,4-9,15,18-21H,2-3,10H2,(H2,22,23,24). The number of hydrogen-bond donors (Lipinski definition) is 6. The Kier molecular flexibility index (Phi) is 5.82. The minimum atomic E-state index is -4.79. The van der Waals surface area contributed by atoms with Gasteiger partial charge in [-0.15, -0.1) is 0 Å². The van der Waals surface area contributed by atoms with Crippen LogP contribution in [0.15, 0.2) is 53.0 Å². The highest BCUT2D eigenvalue weighted by atomic mass is 31.2. The smallest absolute Gasteiger partial charge is 0.448 e. The second-order valence-corrected chi connectivity index (χ2v) is 7.05. The number of benzene rings is 1. The van der Waals surface area contributed by atoms with Crippen LogP contribution in [-0.2, 0) is 11.0 Å². The Morgan fingerprint density at radius 3 is 2.36 bits per heavy atom. The van der Waals surface area contributed by atoms with E-state index in [1.807, 2.05) is 0 Å². The summed E-state index contributed by atoms with van der Waals surface area (Å²) in [6, 6.07) is 6.44. The summed E-state index contributed by atoms with van der Waals surface area (Å²) in [6.45, 7) is 0. The third-order valence-electron chi connectivity index (χ3n) is 3.78. The van der Waals surface area contributed by atoms with E-state index in [0.29, 0.717) is 12.8 Å². The van der Waals surface area contributed by atoms with Crippen molar-refractivity contribution in [3.05, 3.63) is 53.8 Å². The summed E-state index contributed by atoms with van der Waals surface area (Å²) in [5.74, 6) is -4.20. The molecular formula is C16H20NO7P. The molecule has 1 aromatic carbocycles. The molecule has 1 atom stereocenters. The number of aliphatic hydroxyl groups excluding tert-OH is 1. The average Bonchev–Trinajstić information content (AvgIpc) is 2.47. The Labute approximate surface area is 144 Å². The molecule has 2 rings (SSSR count). The molecule has 1 unspecified atom stereocenters. The van der Waals surface area contributed by atoms with Gasteiger partial charge in [0.25, 0.3) is 0 Å². The first kappa shape index (κ1) is 19.4. The Bertz CT molecular complexity index is 746. The second kappa shape index (κ2) is 7.51. The number of aryl methyl sites for hydroxylation is 1. The van der Waals surface area contributed by atoms with Crippen molar-refractivity contribution in [2.45, 2.75) is 25.0 Å². The van der Waals surface area contributed by atoms with Crippen molar-refractivity contribution in [1.29, 1.82) is 0 Å². The molecule has 0 heterocycles. The van der Waals surface area contributed by atoms with Gasteiger partial charge >= 0.3 is 7.75 Å². The highest BCUT2D eigenvalue weighted by Crippen LogP contribution is 2.40. The van der Waals surface area contributed by atoms with Gasteiger partial charge in [-0.2, -0.15) is 4.76 Å². The molecule has 0 saturated carbocycles. The van der Waals surface area contributed by atoms with Crippen molar-refractivity contribution >= 4 is 13.5 Å². The lowest BCUT2D eigenvalue weighted by atomic mass is 9.85. The van der Waals surface area contributed by atoms with E-state index in [1.165, 1.54) is 30.4 Å². The van der Waals surface area contributed by atoms with Crippen LogP contribution < -0.4 is 0 Å². The Morgan fingerprint density at radius 1 is 1.12 bits per heavy atom. The van der Waals surface area contributed by atoms with Crippen LogP contribution in [-0.4, -0.2) is 41.7 Å². The number of aliphatic hydroxyl groups is 3. The third kappa shape index (κ3) is 5.52. The zero-order valence-corrected chi connectivity index (χ0v) is 14.1. The van der Waals surface area contributed by atoms with Crippen LogP contribution >= 0.6 is 7.75 Å². The van der Waals surface area contributed by atoms with Gasteiger partial charge in [-0.3, -0.25) is 0 Å². The molecule has 0 amide bonds. The van der Waals surface area contributed by atoms with Gasteiger partial charge in [0, 0.05) is 6.42 Å². The summed E-state index contributed by atoms with van der Waals surface area (Å²) in [5, 5.41) is 39.9. The third-order valence-corrected chi connectivity index (χ3v) is 4.27. The molecule has 0 aliphatic heterocycles. The van der Waals surface area contributed by atoms with E-state index in [1.54, 1.807) is 12.1 Å². The van der Waals surface area contributed by atoms with E-state index in [0.717, 1.165) is 5.56 Å². The first-order valence-corrected chi connectivity index (χ1v) is 9.10. The number of hydrogen-bond acceptors (Lipinski definition) is 5. The van der Waals surface area contributed by atoms with Gasteiger partial charge in [-0.05, 0) is 42.7 Å². The number of aromatic hydroxyl groups is 1. The quantitative estimate of drug-likeness (QED) is 0.329. The molecule has 0 fully saturated rings. The molecule has 1 aromatic rings. The van der Waals surface area contributed by atoms with Gasteiger partial charge < -0.3 is 30.2 Å². The predicted molar refractivity (Wildman–Crippen MR) is 91.0 cm³/mol. The Balaban J connectivity index is 2.11. The molecule has 0 aromatic heterocycles. The summed E-state index contributed by atoms with van der Waals surface area (Å²) < 4.78 is 14.3. The number of allylic oxidation sites excluding steroid dienone is 3. The van der Waals surface area contributed by atoms with Crippen LogP contribution in [0.4, 0.5) is 0 Å². The maximum absolute atomic E-state index is 11.1. The SMILES string of the molecule is O=P(O)(O)N=C1C=CC=C(O)C1C(O)(O)CCCc1ccc(O)cc1. The van der Waals surface area contributed by atoms with E-state index < -0.39 is 25.2 Å². The first-order chi connectivity index (χ1) is 11.6. The van der Waals surface area contributed by atoms with Crippen LogP contribution in [0.3, 0.4) is 0 Å². The zero-order chi connectivity index (χ0) is 18.7. The summed E-state index contributed by atoms with van der Waals surface area (Å²) in [5.41, 5.74) is 0.573. The number of phenols is 1. The van der Waals surface area contributed by atoms with E-state index in [2.05, 4.69) is 4.76 Å². The van der Waals surface area contributed by atoms with Crippen LogP contribution in [0, 0.1) is 5.92 Å². The van der Waals surface area contributed by atoms with E-state index in [-0.39, 0.29) is 17.9 Å². The molecule has 6 N–H and O–H groups in total. The Morgan fingerprint density at radius 2 is 1.76 bits per heavy atom. The van der Waals surface area contributed by atoms with Gasteiger partial charge in [0.2, 0.25) is 0 Å². The van der Waals surface area contributed by atoms with E-state index in [4.69, 9.17) is 9.79 Å². The van der Waals surface area contributed by atoms with Gasteiger partial charge in [0.15, 0.2) is 5.79 Å². The molecular weight excluding hydrogens is 349 g/mol. The van der Waals surface area contributed by atoms with Crippen molar-refractivity contribution in [2.24, 2.45) is 10.7 Å². The normalized spacial score (nSPS) is 19.9. The fourth-order valence-corrected chi connectivity index (χ4v) is 3.15. The lowest BCUT2D eigenvalue weighted by Gasteiger charge is -2.32. The maximum atomic E-state index is 11.1. The summed E-state index contributed by atoms with van der Waals surface area (Å²) in [7, 11) is -4.79. The number of phenolic OH excluding ortho intramolecular Hbond substituents is 1. The van der Waals surface area contributed by atoms with Crippen LogP contribution in [0.25, 0.3) is 0 Å². The average molecular weight is 369 g/mol. The molecule has 0 radical (unpaired) electrons. The van der Waals surface area contributed by atoms with E-state index >= 15 is 0 Å².